The fourth-order valence-corrected chi connectivity index (χ4v) is 3.42. The van der Waals surface area contributed by atoms with Gasteiger partial charge < -0.3 is 45.0 Å². The van der Waals surface area contributed by atoms with Crippen LogP contribution in [0.2, 0.25) is 0 Å². The number of para-hydroxylation sites is 2. The number of amides is 1. The predicted octanol–water partition coefficient (Wildman–Crippen LogP) is 1.05. The number of benzene rings is 2. The van der Waals surface area contributed by atoms with Crippen molar-refractivity contribution < 1.29 is 53.9 Å². The third kappa shape index (κ3) is 9.56. The molecule has 0 saturated carbocycles. The molecule has 0 unspecified atom stereocenters. The maximum atomic E-state index is 11.5. The Morgan fingerprint density at radius 1 is 0.684 bits per heavy atom. The molecule has 0 aromatic heterocycles. The highest BCUT2D eigenvalue weighted by Crippen LogP contribution is 2.32. The van der Waals surface area contributed by atoms with E-state index in [9.17, 15) is 34.2 Å². The first-order chi connectivity index (χ1) is 18.0. The number of rotatable bonds is 16. The summed E-state index contributed by atoms with van der Waals surface area (Å²) < 4.78 is 11.5. The second kappa shape index (κ2) is 13.9. The van der Waals surface area contributed by atoms with Crippen LogP contribution in [0, 0.1) is 0 Å². The van der Waals surface area contributed by atoms with Gasteiger partial charge in [-0.15, -0.1) is 0 Å². The quantitative estimate of drug-likeness (QED) is 0.192. The lowest BCUT2D eigenvalue weighted by Crippen LogP contribution is -2.35. The number of carbonyl (C=O) groups is 5. The Labute approximate surface area is 216 Å². The molecule has 1 amide bonds. The molecule has 0 aliphatic heterocycles. The number of carbonyl (C=O) groups excluding carboxylic acids is 1. The van der Waals surface area contributed by atoms with Crippen molar-refractivity contribution in [2.24, 2.45) is 0 Å². The second-order valence-corrected chi connectivity index (χ2v) is 7.82. The molecule has 14 nitrogen and oxygen atoms in total. The average Bonchev–Trinajstić information content (AvgIpc) is 2.80. The van der Waals surface area contributed by atoms with Gasteiger partial charge in [-0.25, -0.2) is 0 Å². The number of anilines is 3. The first-order valence-corrected chi connectivity index (χ1v) is 11.1. The van der Waals surface area contributed by atoms with Crippen LogP contribution in [0.5, 0.6) is 11.5 Å². The molecular weight excluding hydrogens is 506 g/mol. The third-order valence-corrected chi connectivity index (χ3v) is 4.73. The number of nitrogens with one attached hydrogen (secondary N) is 1. The highest BCUT2D eigenvalue weighted by atomic mass is 16.5. The van der Waals surface area contributed by atoms with Crippen molar-refractivity contribution in [2.75, 3.05) is 54.5 Å². The van der Waals surface area contributed by atoms with Gasteiger partial charge in [0.15, 0.2) is 0 Å². The van der Waals surface area contributed by atoms with E-state index < -0.39 is 50.1 Å². The number of nitrogens with zero attached hydrogens (tertiary/aromatic N) is 2. The lowest BCUT2D eigenvalue weighted by molar-refractivity contribution is -0.138. The summed E-state index contributed by atoms with van der Waals surface area (Å²) in [4.78, 5) is 58.7. The Bertz CT molecular complexity index is 1150. The number of ether oxygens (including phenoxy) is 2. The first-order valence-electron chi connectivity index (χ1n) is 11.1. The van der Waals surface area contributed by atoms with Crippen LogP contribution in [0.3, 0.4) is 0 Å². The Balaban J connectivity index is 2.23. The number of hydrogen-bond donors (Lipinski definition) is 5. The minimum absolute atomic E-state index is 0.0778. The zero-order chi connectivity index (χ0) is 28.2. The molecule has 2 rings (SSSR count). The van der Waals surface area contributed by atoms with Crippen LogP contribution in [0.15, 0.2) is 42.5 Å². The number of carboxylic acids is 4. The van der Waals surface area contributed by atoms with Gasteiger partial charge in [0.1, 0.15) is 50.9 Å². The zero-order valence-corrected chi connectivity index (χ0v) is 20.3. The predicted molar refractivity (Wildman–Crippen MR) is 133 cm³/mol. The molecule has 0 aliphatic carbocycles. The molecule has 5 N–H and O–H groups in total. The lowest BCUT2D eigenvalue weighted by atomic mass is 10.2. The molecule has 14 heteroatoms. The smallest absolute Gasteiger partial charge is 0.323 e. The summed E-state index contributed by atoms with van der Waals surface area (Å²) in [7, 11) is 0. The number of hydrogen-bond acceptors (Lipinski definition) is 9. The summed E-state index contributed by atoms with van der Waals surface area (Å²) in [6, 6.07) is 10.5. The van der Waals surface area contributed by atoms with Crippen LogP contribution in [-0.2, 0) is 24.0 Å². The standard InChI is InChI=1S/C24H27N3O11/c1-15(28)25-16-6-7-18(27(13-23(33)34)14-24(35)36)20(10-16)38-9-8-37-19-5-3-2-4-17(19)26(11-21(29)30)12-22(31)32/h2-7,10H,8-9,11-14H2,1H3,(H,25,28)(H,29,30)(H,31,32)(H,33,34)(H,35,36). The van der Waals surface area contributed by atoms with E-state index in [0.717, 1.165) is 9.80 Å². The molecule has 0 radical (unpaired) electrons. The van der Waals surface area contributed by atoms with E-state index in [2.05, 4.69) is 5.32 Å². The van der Waals surface area contributed by atoms with Crippen LogP contribution < -0.4 is 24.6 Å². The minimum atomic E-state index is -1.27. The van der Waals surface area contributed by atoms with Crippen molar-refractivity contribution >= 4 is 46.8 Å². The monoisotopic (exact) mass is 533 g/mol. The molecule has 0 bridgehead atoms. The molecule has 0 saturated heterocycles. The van der Waals surface area contributed by atoms with E-state index >= 15 is 0 Å². The molecule has 204 valence electrons. The van der Waals surface area contributed by atoms with Crippen LogP contribution in [0.4, 0.5) is 17.1 Å². The molecular formula is C24H27N3O11. The number of carboxylic acid groups (broad SMARTS) is 4. The van der Waals surface area contributed by atoms with Gasteiger partial charge in [-0.05, 0) is 24.3 Å². The van der Waals surface area contributed by atoms with Crippen molar-refractivity contribution in [3.63, 3.8) is 0 Å². The van der Waals surface area contributed by atoms with E-state index in [1.807, 2.05) is 0 Å². The van der Waals surface area contributed by atoms with Crippen molar-refractivity contribution in [3.8, 4) is 11.5 Å². The van der Waals surface area contributed by atoms with Crippen molar-refractivity contribution in [2.45, 2.75) is 6.92 Å². The SMILES string of the molecule is CC(=O)Nc1ccc(N(CC(=O)O)CC(=O)O)c(OCCOc2ccccc2N(CC(=O)O)CC(=O)O)c1. The van der Waals surface area contributed by atoms with Gasteiger partial charge in [0.2, 0.25) is 5.91 Å². The van der Waals surface area contributed by atoms with E-state index in [0.29, 0.717) is 5.69 Å². The molecule has 0 heterocycles. The Hall–Kier alpha value is -5.01. The molecule has 0 atom stereocenters. The zero-order valence-electron chi connectivity index (χ0n) is 20.3. The largest absolute Gasteiger partial charge is 0.488 e. The Morgan fingerprint density at radius 2 is 1.13 bits per heavy atom. The second-order valence-electron chi connectivity index (χ2n) is 7.82. The summed E-state index contributed by atoms with van der Waals surface area (Å²) in [6.07, 6.45) is 0. The number of aliphatic carboxylic acids is 4. The summed E-state index contributed by atoms with van der Waals surface area (Å²) in [5, 5.41) is 39.3. The molecule has 2 aromatic rings. The highest BCUT2D eigenvalue weighted by molar-refractivity contribution is 5.90. The molecule has 38 heavy (non-hydrogen) atoms. The van der Waals surface area contributed by atoms with Crippen molar-refractivity contribution in [3.05, 3.63) is 42.5 Å². The topological polar surface area (TPSA) is 203 Å². The van der Waals surface area contributed by atoms with E-state index in [4.69, 9.17) is 19.7 Å². The fourth-order valence-electron chi connectivity index (χ4n) is 3.42. The summed E-state index contributed by atoms with van der Waals surface area (Å²) in [5.41, 5.74) is 0.712. The summed E-state index contributed by atoms with van der Waals surface area (Å²) in [5.74, 6) is -5.10. The summed E-state index contributed by atoms with van der Waals surface area (Å²) in [6.45, 7) is -1.36. The van der Waals surface area contributed by atoms with Crippen LogP contribution in [-0.4, -0.2) is 89.6 Å². The van der Waals surface area contributed by atoms with Gasteiger partial charge in [-0.3, -0.25) is 24.0 Å². The van der Waals surface area contributed by atoms with Crippen LogP contribution in [0.25, 0.3) is 0 Å². The minimum Gasteiger partial charge on any atom is -0.488 e. The van der Waals surface area contributed by atoms with E-state index in [1.54, 1.807) is 12.1 Å². The molecule has 0 fully saturated rings. The van der Waals surface area contributed by atoms with Gasteiger partial charge in [0.05, 0.1) is 11.4 Å². The average molecular weight is 533 g/mol. The Morgan fingerprint density at radius 3 is 1.61 bits per heavy atom. The first kappa shape index (κ1) is 29.2. The fraction of sp³-hybridized carbons (Fsp3) is 0.292. The maximum Gasteiger partial charge on any atom is 0.323 e. The molecule has 0 spiro atoms. The van der Waals surface area contributed by atoms with Gasteiger partial charge in [-0.2, -0.15) is 0 Å². The Kier molecular flexibility index (Phi) is 10.7. The van der Waals surface area contributed by atoms with Gasteiger partial charge in [0.25, 0.3) is 0 Å². The van der Waals surface area contributed by atoms with Crippen molar-refractivity contribution in [1.82, 2.24) is 0 Å². The van der Waals surface area contributed by atoms with Gasteiger partial charge in [0, 0.05) is 18.7 Å². The van der Waals surface area contributed by atoms with E-state index in [1.165, 1.54) is 37.3 Å². The van der Waals surface area contributed by atoms with Gasteiger partial charge >= 0.3 is 23.9 Å². The highest BCUT2D eigenvalue weighted by Gasteiger charge is 2.20. The summed E-state index contributed by atoms with van der Waals surface area (Å²) >= 11 is 0. The lowest BCUT2D eigenvalue weighted by Gasteiger charge is -2.25. The normalized spacial score (nSPS) is 10.2. The third-order valence-electron chi connectivity index (χ3n) is 4.73. The maximum absolute atomic E-state index is 11.5. The molecule has 2 aromatic carbocycles. The van der Waals surface area contributed by atoms with Crippen LogP contribution >= 0.6 is 0 Å². The van der Waals surface area contributed by atoms with E-state index in [-0.39, 0.29) is 42.0 Å². The van der Waals surface area contributed by atoms with Gasteiger partial charge in [-0.1, -0.05) is 12.1 Å². The molecule has 0 aliphatic rings. The van der Waals surface area contributed by atoms with Crippen LogP contribution in [0.1, 0.15) is 6.92 Å². The van der Waals surface area contributed by atoms with Crippen molar-refractivity contribution in [1.29, 1.82) is 0 Å².